The van der Waals surface area contributed by atoms with Crippen molar-refractivity contribution in [1.29, 1.82) is 5.26 Å². The molecule has 0 amide bonds. The second-order valence-electron chi connectivity index (χ2n) is 7.57. The monoisotopic (exact) mass is 505 g/mol. The zero-order valence-electron chi connectivity index (χ0n) is 18.7. The molecule has 4 rings (SSSR count). The number of nitrogens with zero attached hydrogens (tertiary/aromatic N) is 5. The summed E-state index contributed by atoms with van der Waals surface area (Å²) in [6.45, 7) is 1.69. The van der Waals surface area contributed by atoms with Crippen molar-refractivity contribution >= 4 is 23.4 Å². The minimum atomic E-state index is -0.554. The van der Waals surface area contributed by atoms with Crippen LogP contribution in [0.5, 0.6) is 5.75 Å². The van der Waals surface area contributed by atoms with Gasteiger partial charge in [0.1, 0.15) is 23.4 Å². The Hall–Kier alpha value is -3.87. The number of benzene rings is 3. The van der Waals surface area contributed by atoms with Gasteiger partial charge in [-0.3, -0.25) is 14.7 Å². The smallest absolute Gasteiger partial charge is 0.220 e. The van der Waals surface area contributed by atoms with Crippen LogP contribution in [0.25, 0.3) is 5.69 Å². The van der Waals surface area contributed by atoms with Crippen LogP contribution in [-0.4, -0.2) is 26.2 Å². The summed E-state index contributed by atoms with van der Waals surface area (Å²) in [5.41, 5.74) is 2.81. The summed E-state index contributed by atoms with van der Waals surface area (Å²) >= 11 is 7.74. The lowest BCUT2D eigenvalue weighted by Gasteiger charge is -2.16. The first kappa shape index (κ1) is 24.3. The number of halogens is 1. The molecule has 0 saturated carbocycles. The summed E-state index contributed by atoms with van der Waals surface area (Å²) in [7, 11) is 0. The first-order chi connectivity index (χ1) is 17.0. The van der Waals surface area contributed by atoms with Crippen molar-refractivity contribution < 1.29 is 9.66 Å². The van der Waals surface area contributed by atoms with Gasteiger partial charge in [-0.1, -0.05) is 65.8 Å². The molecule has 0 fully saturated rings. The van der Waals surface area contributed by atoms with E-state index in [4.69, 9.17) is 16.3 Å². The van der Waals surface area contributed by atoms with Gasteiger partial charge in [0.05, 0.1) is 16.7 Å². The number of para-hydroxylation sites is 1. The first-order valence-electron chi connectivity index (χ1n) is 10.6. The normalized spacial score (nSPS) is 11.6. The van der Waals surface area contributed by atoms with Gasteiger partial charge >= 0.3 is 0 Å². The Morgan fingerprint density at radius 1 is 1.14 bits per heavy atom. The zero-order valence-corrected chi connectivity index (χ0v) is 20.2. The number of hydrogen-bond donors (Lipinski definition) is 0. The highest BCUT2D eigenvalue weighted by Gasteiger charge is 2.24. The Morgan fingerprint density at radius 3 is 2.60 bits per heavy atom. The van der Waals surface area contributed by atoms with Gasteiger partial charge in [-0.15, -0.1) is 10.2 Å². The lowest BCUT2D eigenvalue weighted by molar-refractivity contribution is -0.479. The fraction of sp³-hybridized carbons (Fsp3) is 0.160. The summed E-state index contributed by atoms with van der Waals surface area (Å²) < 4.78 is 7.69. The van der Waals surface area contributed by atoms with E-state index in [0.29, 0.717) is 32.9 Å². The number of rotatable bonds is 9. The molecule has 176 valence electrons. The Labute approximate surface area is 211 Å². The van der Waals surface area contributed by atoms with Crippen molar-refractivity contribution in [2.75, 3.05) is 6.54 Å². The van der Waals surface area contributed by atoms with Crippen molar-refractivity contribution in [2.24, 2.45) is 0 Å². The molecule has 0 N–H and O–H groups in total. The van der Waals surface area contributed by atoms with E-state index in [0.717, 1.165) is 11.3 Å². The van der Waals surface area contributed by atoms with E-state index >= 15 is 0 Å². The molecule has 4 aromatic rings. The lowest BCUT2D eigenvalue weighted by atomic mass is 10.1. The molecular weight excluding hydrogens is 486 g/mol. The van der Waals surface area contributed by atoms with Crippen LogP contribution in [0.4, 0.5) is 0 Å². The van der Waals surface area contributed by atoms with Crippen molar-refractivity contribution in [3.8, 4) is 17.5 Å². The molecule has 0 radical (unpaired) electrons. The molecule has 0 bridgehead atoms. The van der Waals surface area contributed by atoms with E-state index in [1.165, 1.54) is 11.8 Å². The van der Waals surface area contributed by atoms with Crippen LogP contribution < -0.4 is 4.74 Å². The third-order valence-corrected chi connectivity index (χ3v) is 6.70. The number of aromatic nitrogens is 3. The largest absolute Gasteiger partial charge is 0.487 e. The van der Waals surface area contributed by atoms with Gasteiger partial charge in [-0.05, 0) is 42.8 Å². The Morgan fingerprint density at radius 2 is 1.89 bits per heavy atom. The first-order valence-corrected chi connectivity index (χ1v) is 11.9. The molecule has 3 aromatic carbocycles. The summed E-state index contributed by atoms with van der Waals surface area (Å²) in [5, 5.41) is 29.5. The summed E-state index contributed by atoms with van der Waals surface area (Å²) in [6, 6.07) is 24.0. The van der Waals surface area contributed by atoms with Crippen LogP contribution >= 0.6 is 23.4 Å². The Kier molecular flexibility index (Phi) is 7.65. The molecule has 0 aliphatic heterocycles. The summed E-state index contributed by atoms with van der Waals surface area (Å²) in [4.78, 5) is 11.1. The molecule has 1 heterocycles. The number of hydrogen-bond acceptors (Lipinski definition) is 7. The van der Waals surface area contributed by atoms with Gasteiger partial charge in [0.2, 0.25) is 6.54 Å². The number of nitriles is 1. The van der Waals surface area contributed by atoms with Crippen LogP contribution in [0.3, 0.4) is 0 Å². The second kappa shape index (κ2) is 11.0. The van der Waals surface area contributed by atoms with Gasteiger partial charge in [-0.25, -0.2) is 0 Å². The predicted octanol–water partition coefficient (Wildman–Crippen LogP) is 5.79. The number of ether oxygens (including phenoxy) is 1. The summed E-state index contributed by atoms with van der Waals surface area (Å²) in [5.74, 6) is 1.11. The molecule has 1 atom stereocenters. The number of nitro groups is 1. The SMILES string of the molecule is Cc1nnc(S[C@H](C[N+](=O)[O-])c2ccc(OCc3ccccc3C#N)c(Cl)c2)n1-c1ccccc1. The molecule has 0 spiro atoms. The van der Waals surface area contributed by atoms with E-state index in [1.807, 2.05) is 54.0 Å². The van der Waals surface area contributed by atoms with Crippen LogP contribution in [0, 0.1) is 28.4 Å². The van der Waals surface area contributed by atoms with Crippen LogP contribution in [0.2, 0.25) is 5.02 Å². The average Bonchev–Trinajstić information content (AvgIpc) is 3.23. The van der Waals surface area contributed by atoms with Gasteiger partial charge in [0.25, 0.3) is 0 Å². The number of aryl methyl sites for hydroxylation is 1. The standard InChI is InChI=1S/C25H20ClN5O3S/c1-17-28-29-25(31(17)21-9-3-2-4-10-21)35-24(15-30(32)33)18-11-12-23(22(26)13-18)34-16-20-8-6-5-7-19(20)14-27/h2-13,24H,15-16H2,1H3/t24-/m1/s1. The topological polar surface area (TPSA) is 107 Å². The van der Waals surface area contributed by atoms with E-state index in [9.17, 15) is 15.4 Å². The highest BCUT2D eigenvalue weighted by Crippen LogP contribution is 2.38. The Balaban J connectivity index is 1.57. The van der Waals surface area contributed by atoms with Gasteiger partial charge < -0.3 is 4.74 Å². The molecule has 10 heteroatoms. The van der Waals surface area contributed by atoms with Crippen LogP contribution in [-0.2, 0) is 6.61 Å². The minimum absolute atomic E-state index is 0.176. The van der Waals surface area contributed by atoms with E-state index in [1.54, 1.807) is 30.3 Å². The molecule has 1 aromatic heterocycles. The zero-order chi connectivity index (χ0) is 24.8. The fourth-order valence-corrected chi connectivity index (χ4v) is 4.92. The highest BCUT2D eigenvalue weighted by atomic mass is 35.5. The molecule has 0 aliphatic carbocycles. The van der Waals surface area contributed by atoms with E-state index in [-0.39, 0.29) is 18.1 Å². The molecule has 0 unspecified atom stereocenters. The lowest BCUT2D eigenvalue weighted by Crippen LogP contribution is -2.11. The average molecular weight is 506 g/mol. The van der Waals surface area contributed by atoms with Gasteiger partial charge in [0.15, 0.2) is 5.16 Å². The van der Waals surface area contributed by atoms with Gasteiger partial charge in [0, 0.05) is 16.2 Å². The Bertz CT molecular complexity index is 1390. The van der Waals surface area contributed by atoms with Crippen molar-refractivity contribution in [1.82, 2.24) is 14.8 Å². The van der Waals surface area contributed by atoms with E-state index in [2.05, 4.69) is 16.3 Å². The van der Waals surface area contributed by atoms with Crippen LogP contribution in [0.15, 0.2) is 78.0 Å². The van der Waals surface area contributed by atoms with Crippen molar-refractivity contribution in [3.63, 3.8) is 0 Å². The number of thioether (sulfide) groups is 1. The fourth-order valence-electron chi connectivity index (χ4n) is 3.51. The summed E-state index contributed by atoms with van der Waals surface area (Å²) in [6.07, 6.45) is 0. The molecule has 8 nitrogen and oxygen atoms in total. The van der Waals surface area contributed by atoms with E-state index < -0.39 is 5.25 Å². The second-order valence-corrected chi connectivity index (χ2v) is 9.15. The maximum atomic E-state index is 11.5. The van der Waals surface area contributed by atoms with Crippen molar-refractivity contribution in [2.45, 2.75) is 23.9 Å². The molecule has 0 aliphatic rings. The predicted molar refractivity (Wildman–Crippen MR) is 133 cm³/mol. The van der Waals surface area contributed by atoms with Crippen molar-refractivity contribution in [3.05, 3.63) is 110 Å². The minimum Gasteiger partial charge on any atom is -0.487 e. The molecular formula is C25H20ClN5O3S. The third-order valence-electron chi connectivity index (χ3n) is 5.22. The maximum Gasteiger partial charge on any atom is 0.220 e. The molecule has 35 heavy (non-hydrogen) atoms. The maximum absolute atomic E-state index is 11.5. The van der Waals surface area contributed by atoms with Gasteiger partial charge in [-0.2, -0.15) is 5.26 Å². The quantitative estimate of drug-likeness (QED) is 0.161. The van der Waals surface area contributed by atoms with Crippen LogP contribution in [0.1, 0.15) is 27.8 Å². The molecule has 0 saturated heterocycles. The highest BCUT2D eigenvalue weighted by molar-refractivity contribution is 7.99. The third kappa shape index (κ3) is 5.80.